The van der Waals surface area contributed by atoms with Gasteiger partial charge in [-0.3, -0.25) is 0 Å². The van der Waals surface area contributed by atoms with Gasteiger partial charge in [-0.15, -0.1) is 0 Å². The molecule has 19 heavy (non-hydrogen) atoms. The molecule has 0 amide bonds. The van der Waals surface area contributed by atoms with Crippen molar-refractivity contribution in [3.05, 3.63) is 35.6 Å². The normalized spacial score (nSPS) is 30.3. The second-order valence-electron chi connectivity index (χ2n) is 5.00. The lowest BCUT2D eigenvalue weighted by Crippen LogP contribution is -2.28. The van der Waals surface area contributed by atoms with Crippen LogP contribution in [-0.2, 0) is 9.84 Å². The highest BCUT2D eigenvalue weighted by Crippen LogP contribution is 2.62. The third kappa shape index (κ3) is 2.17. The summed E-state index contributed by atoms with van der Waals surface area (Å²) in [5, 5.41) is 8.88. The van der Waals surface area contributed by atoms with Crippen molar-refractivity contribution >= 4 is 9.84 Å². The largest absolute Gasteiger partial charge is 0.396 e. The van der Waals surface area contributed by atoms with E-state index in [9.17, 15) is 17.9 Å². The Morgan fingerprint density at radius 1 is 1.37 bits per heavy atom. The van der Waals surface area contributed by atoms with E-state index in [2.05, 4.69) is 0 Å². The molecule has 1 fully saturated rings. The molecule has 6 heteroatoms. The van der Waals surface area contributed by atoms with Crippen LogP contribution >= 0.6 is 0 Å². The van der Waals surface area contributed by atoms with E-state index >= 15 is 0 Å². The van der Waals surface area contributed by atoms with Crippen LogP contribution in [0.2, 0.25) is 0 Å². The lowest BCUT2D eigenvalue weighted by molar-refractivity contribution is 0.212. The van der Waals surface area contributed by atoms with Crippen LogP contribution in [0.1, 0.15) is 18.4 Å². The molecule has 2 rings (SSSR count). The molecule has 0 heterocycles. The quantitative estimate of drug-likeness (QED) is 0.834. The summed E-state index contributed by atoms with van der Waals surface area (Å²) in [5.74, 6) is -0.716. The topological polar surface area (TPSA) is 80.4 Å². The summed E-state index contributed by atoms with van der Waals surface area (Å²) in [4.78, 5) is 0. The van der Waals surface area contributed by atoms with E-state index in [1.165, 1.54) is 12.1 Å². The van der Waals surface area contributed by atoms with Crippen LogP contribution in [0.3, 0.4) is 0 Å². The smallest absolute Gasteiger partial charge is 0.154 e. The number of aliphatic hydroxyl groups is 1. The van der Waals surface area contributed by atoms with E-state index in [0.29, 0.717) is 5.56 Å². The summed E-state index contributed by atoms with van der Waals surface area (Å²) < 4.78 is 37.1. The fourth-order valence-electron chi connectivity index (χ4n) is 2.87. The minimum Gasteiger partial charge on any atom is -0.396 e. The molecule has 0 bridgehead atoms. The maximum absolute atomic E-state index is 12.9. The fourth-order valence-corrected chi connectivity index (χ4v) is 5.03. The third-order valence-electron chi connectivity index (χ3n) is 4.07. The Labute approximate surface area is 112 Å². The van der Waals surface area contributed by atoms with Crippen LogP contribution in [0.25, 0.3) is 0 Å². The fraction of sp³-hybridized carbons (Fsp3) is 0.538. The van der Waals surface area contributed by atoms with Crippen LogP contribution < -0.4 is 5.73 Å². The highest BCUT2D eigenvalue weighted by Gasteiger charge is 2.69. The molecule has 1 aromatic rings. The van der Waals surface area contributed by atoms with Gasteiger partial charge in [-0.05, 0) is 17.7 Å². The van der Waals surface area contributed by atoms with E-state index < -0.39 is 20.5 Å². The molecule has 1 saturated carbocycles. The van der Waals surface area contributed by atoms with Gasteiger partial charge in [0, 0.05) is 23.6 Å². The number of benzene rings is 1. The van der Waals surface area contributed by atoms with E-state index in [-0.39, 0.29) is 30.6 Å². The summed E-state index contributed by atoms with van der Waals surface area (Å²) in [5.41, 5.74) is 5.56. The van der Waals surface area contributed by atoms with E-state index in [0.717, 1.165) is 0 Å². The standard InChI is InChI=1S/C13H18FNO3S/c1-2-19(17,18)12-11(13(12,7-15)8-16)9-3-5-10(14)6-4-9/h3-6,11-12,16H,2,7-8,15H2,1H3/t11-,12+,13-/m1/s1. The van der Waals surface area contributed by atoms with Gasteiger partial charge >= 0.3 is 0 Å². The maximum Gasteiger partial charge on any atom is 0.154 e. The molecule has 0 unspecified atom stereocenters. The van der Waals surface area contributed by atoms with Crippen LogP contribution in [0.5, 0.6) is 0 Å². The Hall–Kier alpha value is -0.980. The minimum atomic E-state index is -3.30. The zero-order valence-electron chi connectivity index (χ0n) is 10.7. The van der Waals surface area contributed by atoms with Crippen molar-refractivity contribution in [1.29, 1.82) is 0 Å². The van der Waals surface area contributed by atoms with Crippen LogP contribution in [0.4, 0.5) is 4.39 Å². The number of rotatable bonds is 5. The van der Waals surface area contributed by atoms with Crippen molar-refractivity contribution in [2.45, 2.75) is 18.1 Å². The van der Waals surface area contributed by atoms with E-state index in [4.69, 9.17) is 5.73 Å². The predicted octanol–water partition coefficient (Wildman–Crippen LogP) is 0.664. The Kier molecular flexibility index (Phi) is 3.68. The SMILES string of the molecule is CCS(=O)(=O)[C@H]1[C@@H](c2ccc(F)cc2)[C@@]1(CN)CO. The molecule has 1 aliphatic rings. The molecule has 0 saturated heterocycles. The minimum absolute atomic E-state index is 0.0110. The van der Waals surface area contributed by atoms with Gasteiger partial charge in [-0.25, -0.2) is 12.8 Å². The van der Waals surface area contributed by atoms with E-state index in [1.54, 1.807) is 19.1 Å². The Morgan fingerprint density at radius 2 is 1.95 bits per heavy atom. The molecule has 3 N–H and O–H groups in total. The van der Waals surface area contributed by atoms with Gasteiger partial charge in [0.15, 0.2) is 9.84 Å². The van der Waals surface area contributed by atoms with Gasteiger partial charge in [0.2, 0.25) is 0 Å². The first-order chi connectivity index (χ1) is 8.93. The van der Waals surface area contributed by atoms with Crippen LogP contribution in [0, 0.1) is 11.2 Å². The lowest BCUT2D eigenvalue weighted by atomic mass is 10.0. The zero-order valence-corrected chi connectivity index (χ0v) is 11.5. The molecule has 0 spiro atoms. The van der Waals surface area contributed by atoms with Gasteiger partial charge in [0.05, 0.1) is 11.9 Å². The Morgan fingerprint density at radius 3 is 2.37 bits per heavy atom. The molecule has 1 aromatic carbocycles. The first-order valence-corrected chi connectivity index (χ1v) is 7.92. The summed E-state index contributed by atoms with van der Waals surface area (Å²) >= 11 is 0. The maximum atomic E-state index is 12.9. The second-order valence-corrected chi connectivity index (χ2v) is 7.41. The van der Waals surface area contributed by atoms with Gasteiger partial charge in [-0.1, -0.05) is 19.1 Å². The monoisotopic (exact) mass is 287 g/mol. The van der Waals surface area contributed by atoms with Gasteiger partial charge in [-0.2, -0.15) is 0 Å². The third-order valence-corrected chi connectivity index (χ3v) is 6.39. The summed E-state index contributed by atoms with van der Waals surface area (Å²) in [7, 11) is -3.30. The summed E-state index contributed by atoms with van der Waals surface area (Å²) in [6, 6.07) is 5.71. The first kappa shape index (κ1) is 14.4. The summed E-state index contributed by atoms with van der Waals surface area (Å²) in [6.45, 7) is 1.39. The van der Waals surface area contributed by atoms with Crippen molar-refractivity contribution < 1.29 is 17.9 Å². The van der Waals surface area contributed by atoms with Crippen LogP contribution in [-0.4, -0.2) is 37.7 Å². The van der Waals surface area contributed by atoms with Crippen molar-refractivity contribution in [3.63, 3.8) is 0 Å². The molecule has 1 aliphatic carbocycles. The molecule has 0 radical (unpaired) electrons. The molecular weight excluding hydrogens is 269 g/mol. The second kappa shape index (κ2) is 4.85. The molecule has 0 aliphatic heterocycles. The highest BCUT2D eigenvalue weighted by atomic mass is 32.2. The average Bonchev–Trinajstić information content (AvgIpc) is 3.10. The first-order valence-electron chi connectivity index (χ1n) is 6.21. The number of hydrogen-bond donors (Lipinski definition) is 2. The Balaban J connectivity index is 2.42. The predicted molar refractivity (Wildman–Crippen MR) is 71.0 cm³/mol. The molecular formula is C13H18FNO3S. The van der Waals surface area contributed by atoms with Gasteiger partial charge < -0.3 is 10.8 Å². The van der Waals surface area contributed by atoms with Crippen molar-refractivity contribution in [2.75, 3.05) is 18.9 Å². The Bertz CT molecular complexity index is 552. The molecule has 4 nitrogen and oxygen atoms in total. The number of halogens is 1. The summed E-state index contributed by atoms with van der Waals surface area (Å²) in [6.07, 6.45) is 0. The van der Waals surface area contributed by atoms with Crippen molar-refractivity contribution in [3.8, 4) is 0 Å². The molecule has 106 valence electrons. The van der Waals surface area contributed by atoms with Crippen LogP contribution in [0.15, 0.2) is 24.3 Å². The van der Waals surface area contributed by atoms with Crippen molar-refractivity contribution in [2.24, 2.45) is 11.1 Å². The average molecular weight is 287 g/mol. The highest BCUT2D eigenvalue weighted by molar-refractivity contribution is 7.92. The number of sulfone groups is 1. The van der Waals surface area contributed by atoms with E-state index in [1.807, 2.05) is 0 Å². The number of hydrogen-bond acceptors (Lipinski definition) is 4. The molecule has 3 atom stereocenters. The lowest BCUT2D eigenvalue weighted by Gasteiger charge is -2.11. The zero-order chi connectivity index (χ0) is 14.3. The van der Waals surface area contributed by atoms with Crippen molar-refractivity contribution in [1.82, 2.24) is 0 Å². The number of nitrogens with two attached hydrogens (primary N) is 1. The van der Waals surface area contributed by atoms with Gasteiger partial charge in [0.1, 0.15) is 5.82 Å². The van der Waals surface area contributed by atoms with Gasteiger partial charge in [0.25, 0.3) is 0 Å². The molecule has 0 aromatic heterocycles. The number of aliphatic hydroxyl groups excluding tert-OH is 1.